The van der Waals surface area contributed by atoms with Crippen LogP contribution in [0.2, 0.25) is 0 Å². The SMILES string of the molecule is CCCNC(CO)(CO)CO.O=S(=O)(O)O. The van der Waals surface area contributed by atoms with Crippen molar-refractivity contribution < 1.29 is 32.8 Å². The lowest BCUT2D eigenvalue weighted by atomic mass is 10.0. The minimum Gasteiger partial charge on any atom is -0.394 e. The molecular weight excluding hydrogens is 242 g/mol. The van der Waals surface area contributed by atoms with Gasteiger partial charge in [0.15, 0.2) is 0 Å². The molecule has 0 radical (unpaired) electrons. The molecule has 0 saturated carbocycles. The third kappa shape index (κ3) is 11.8. The molecule has 100 valence electrons. The Morgan fingerprint density at radius 1 is 1.06 bits per heavy atom. The van der Waals surface area contributed by atoms with E-state index in [1.807, 2.05) is 6.92 Å². The zero-order valence-electron chi connectivity index (χ0n) is 9.00. The van der Waals surface area contributed by atoms with Gasteiger partial charge in [-0.2, -0.15) is 8.42 Å². The van der Waals surface area contributed by atoms with Crippen LogP contribution in [0.4, 0.5) is 0 Å². The molecule has 9 heteroatoms. The maximum Gasteiger partial charge on any atom is 0.394 e. The van der Waals surface area contributed by atoms with E-state index >= 15 is 0 Å². The van der Waals surface area contributed by atoms with Crippen LogP contribution in [0.5, 0.6) is 0 Å². The Labute approximate surface area is 94.5 Å². The lowest BCUT2D eigenvalue weighted by molar-refractivity contribution is 0.0429. The molecule has 0 spiro atoms. The monoisotopic (exact) mass is 261 g/mol. The van der Waals surface area contributed by atoms with E-state index in [1.165, 1.54) is 0 Å². The van der Waals surface area contributed by atoms with E-state index < -0.39 is 15.9 Å². The van der Waals surface area contributed by atoms with Crippen LogP contribution in [0.25, 0.3) is 0 Å². The first-order valence-electron chi connectivity index (χ1n) is 4.52. The maximum absolute atomic E-state index is 8.82. The van der Waals surface area contributed by atoms with E-state index in [9.17, 15) is 0 Å². The fraction of sp³-hybridized carbons (Fsp3) is 1.00. The van der Waals surface area contributed by atoms with E-state index in [2.05, 4.69) is 5.32 Å². The molecule has 0 fully saturated rings. The third-order valence-electron chi connectivity index (χ3n) is 1.66. The van der Waals surface area contributed by atoms with Crippen LogP contribution in [0.15, 0.2) is 0 Å². The smallest absolute Gasteiger partial charge is 0.394 e. The Morgan fingerprint density at radius 2 is 1.38 bits per heavy atom. The van der Waals surface area contributed by atoms with Gasteiger partial charge in [-0.25, -0.2) is 0 Å². The Morgan fingerprint density at radius 3 is 1.56 bits per heavy atom. The van der Waals surface area contributed by atoms with Gasteiger partial charge in [0.2, 0.25) is 0 Å². The van der Waals surface area contributed by atoms with Crippen LogP contribution >= 0.6 is 0 Å². The number of nitrogens with one attached hydrogen (secondary N) is 1. The summed E-state index contributed by atoms with van der Waals surface area (Å²) in [5, 5.41) is 29.3. The van der Waals surface area contributed by atoms with Gasteiger partial charge in [-0.15, -0.1) is 0 Å². The molecular formula is C7H19NO7S. The van der Waals surface area contributed by atoms with Crippen molar-refractivity contribution in [2.45, 2.75) is 18.9 Å². The summed E-state index contributed by atoms with van der Waals surface area (Å²) in [7, 11) is -4.67. The fourth-order valence-corrected chi connectivity index (χ4v) is 0.708. The van der Waals surface area contributed by atoms with Gasteiger partial charge in [-0.05, 0) is 13.0 Å². The molecule has 0 aromatic carbocycles. The molecule has 0 unspecified atom stereocenters. The number of hydrogen-bond acceptors (Lipinski definition) is 6. The molecule has 0 amide bonds. The van der Waals surface area contributed by atoms with Gasteiger partial charge in [0.1, 0.15) is 0 Å². The predicted molar refractivity (Wildman–Crippen MR) is 56.5 cm³/mol. The van der Waals surface area contributed by atoms with Crippen molar-refractivity contribution in [1.82, 2.24) is 5.32 Å². The fourth-order valence-electron chi connectivity index (χ4n) is 0.708. The van der Waals surface area contributed by atoms with Gasteiger partial charge in [0.25, 0.3) is 0 Å². The molecule has 0 atom stereocenters. The normalized spacial score (nSPS) is 11.9. The van der Waals surface area contributed by atoms with Gasteiger partial charge in [0.05, 0.1) is 25.4 Å². The summed E-state index contributed by atoms with van der Waals surface area (Å²) in [5.41, 5.74) is -0.907. The van der Waals surface area contributed by atoms with Crippen LogP contribution in [0, 0.1) is 0 Å². The summed E-state index contributed by atoms with van der Waals surface area (Å²) in [5.74, 6) is 0. The first-order chi connectivity index (χ1) is 7.24. The van der Waals surface area contributed by atoms with Crippen molar-refractivity contribution >= 4 is 10.4 Å². The number of aliphatic hydroxyl groups is 3. The van der Waals surface area contributed by atoms with Crippen molar-refractivity contribution in [3.8, 4) is 0 Å². The Balaban J connectivity index is 0. The van der Waals surface area contributed by atoms with Gasteiger partial charge in [0, 0.05) is 0 Å². The average molecular weight is 261 g/mol. The summed E-state index contributed by atoms with van der Waals surface area (Å²) in [6, 6.07) is 0. The molecule has 0 heterocycles. The van der Waals surface area contributed by atoms with Crippen molar-refractivity contribution in [2.75, 3.05) is 26.4 Å². The molecule has 8 nitrogen and oxygen atoms in total. The second-order valence-electron chi connectivity index (χ2n) is 3.13. The van der Waals surface area contributed by atoms with Crippen LogP contribution in [0.1, 0.15) is 13.3 Å². The Hall–Kier alpha value is -0.290. The quantitative estimate of drug-likeness (QED) is 0.302. The lowest BCUT2D eigenvalue weighted by Crippen LogP contribution is -2.54. The largest absolute Gasteiger partial charge is 0.394 e. The van der Waals surface area contributed by atoms with Crippen LogP contribution in [-0.2, 0) is 10.4 Å². The predicted octanol–water partition coefficient (Wildman–Crippen LogP) is -1.95. The molecule has 0 rings (SSSR count). The zero-order valence-corrected chi connectivity index (χ0v) is 9.81. The third-order valence-corrected chi connectivity index (χ3v) is 1.66. The Kier molecular flexibility index (Phi) is 9.96. The molecule has 0 aromatic rings. The van der Waals surface area contributed by atoms with Crippen LogP contribution < -0.4 is 5.32 Å². The molecule has 0 saturated heterocycles. The molecule has 6 N–H and O–H groups in total. The van der Waals surface area contributed by atoms with E-state index in [4.69, 9.17) is 32.8 Å². The highest BCUT2D eigenvalue weighted by Crippen LogP contribution is 2.00. The van der Waals surface area contributed by atoms with E-state index in [0.717, 1.165) is 6.42 Å². The molecule has 16 heavy (non-hydrogen) atoms. The average Bonchev–Trinajstić information content (AvgIpc) is 2.19. The van der Waals surface area contributed by atoms with Crippen molar-refractivity contribution in [3.05, 3.63) is 0 Å². The van der Waals surface area contributed by atoms with Crippen molar-refractivity contribution in [3.63, 3.8) is 0 Å². The van der Waals surface area contributed by atoms with Gasteiger partial charge in [-0.3, -0.25) is 9.11 Å². The summed E-state index contributed by atoms with van der Waals surface area (Å²) in [6.07, 6.45) is 0.905. The minimum atomic E-state index is -4.67. The second kappa shape index (κ2) is 8.82. The number of aliphatic hydroxyl groups excluding tert-OH is 3. The topological polar surface area (TPSA) is 147 Å². The number of hydrogen-bond donors (Lipinski definition) is 6. The molecule has 0 aliphatic rings. The highest BCUT2D eigenvalue weighted by Gasteiger charge is 2.26. The highest BCUT2D eigenvalue weighted by molar-refractivity contribution is 7.79. The second-order valence-corrected chi connectivity index (χ2v) is 4.02. The van der Waals surface area contributed by atoms with Crippen molar-refractivity contribution in [1.29, 1.82) is 0 Å². The van der Waals surface area contributed by atoms with Gasteiger partial charge >= 0.3 is 10.4 Å². The first kappa shape index (κ1) is 18.1. The molecule has 0 aliphatic heterocycles. The maximum atomic E-state index is 8.82. The standard InChI is InChI=1S/C7H17NO3.H2O4S/c1-2-3-8-7(4-9,5-10)6-11;1-5(2,3)4/h8-11H,2-6H2,1H3;(H2,1,2,3,4). The summed E-state index contributed by atoms with van der Waals surface area (Å²) in [4.78, 5) is 0. The zero-order chi connectivity index (χ0) is 13.2. The van der Waals surface area contributed by atoms with Crippen LogP contribution in [0.3, 0.4) is 0 Å². The van der Waals surface area contributed by atoms with E-state index in [1.54, 1.807) is 0 Å². The number of rotatable bonds is 6. The molecule has 0 aliphatic carbocycles. The minimum absolute atomic E-state index is 0.250. The summed E-state index contributed by atoms with van der Waals surface area (Å²) < 4.78 is 31.6. The van der Waals surface area contributed by atoms with Crippen molar-refractivity contribution in [2.24, 2.45) is 0 Å². The summed E-state index contributed by atoms with van der Waals surface area (Å²) >= 11 is 0. The van der Waals surface area contributed by atoms with E-state index in [-0.39, 0.29) is 19.8 Å². The van der Waals surface area contributed by atoms with Gasteiger partial charge < -0.3 is 20.6 Å². The Bertz CT molecular complexity index is 233. The first-order valence-corrected chi connectivity index (χ1v) is 5.92. The highest BCUT2D eigenvalue weighted by atomic mass is 32.3. The van der Waals surface area contributed by atoms with E-state index in [0.29, 0.717) is 6.54 Å². The lowest BCUT2D eigenvalue weighted by Gasteiger charge is -2.28. The van der Waals surface area contributed by atoms with Crippen LogP contribution in [-0.4, -0.2) is 64.7 Å². The van der Waals surface area contributed by atoms with Gasteiger partial charge in [-0.1, -0.05) is 6.92 Å². The molecule has 0 aromatic heterocycles. The summed E-state index contributed by atoms with van der Waals surface area (Å²) in [6.45, 7) is 1.91. The molecule has 0 bridgehead atoms.